The number of nitrogens with one attached hydrogen (secondary N) is 2. The van der Waals surface area contributed by atoms with Crippen LogP contribution in [0.4, 0.5) is 5.69 Å². The topological polar surface area (TPSA) is 67.4 Å². The van der Waals surface area contributed by atoms with Crippen molar-refractivity contribution in [3.8, 4) is 5.75 Å². The van der Waals surface area contributed by atoms with E-state index in [4.69, 9.17) is 4.74 Å². The highest BCUT2D eigenvalue weighted by atomic mass is 16.5. The van der Waals surface area contributed by atoms with Crippen LogP contribution in [-0.2, 0) is 11.2 Å². The van der Waals surface area contributed by atoms with Crippen molar-refractivity contribution in [3.63, 3.8) is 0 Å². The van der Waals surface area contributed by atoms with Crippen molar-refractivity contribution < 1.29 is 14.3 Å². The van der Waals surface area contributed by atoms with Gasteiger partial charge in [-0.25, -0.2) is 0 Å². The van der Waals surface area contributed by atoms with Crippen LogP contribution in [0.2, 0.25) is 0 Å². The summed E-state index contributed by atoms with van der Waals surface area (Å²) in [6, 6.07) is 24.7. The lowest BCUT2D eigenvalue weighted by atomic mass is 10.1. The maximum Gasteiger partial charge on any atom is 0.291 e. The number of anilines is 1. The minimum Gasteiger partial charge on any atom is -0.449 e. The summed E-state index contributed by atoms with van der Waals surface area (Å²) in [7, 11) is 0. The van der Waals surface area contributed by atoms with Crippen LogP contribution in [0.1, 0.15) is 27.9 Å². The summed E-state index contributed by atoms with van der Waals surface area (Å²) >= 11 is 0. The van der Waals surface area contributed by atoms with Crippen LogP contribution in [0.25, 0.3) is 6.08 Å². The molecule has 1 aliphatic rings. The van der Waals surface area contributed by atoms with Gasteiger partial charge in [0.25, 0.3) is 11.8 Å². The predicted molar refractivity (Wildman–Crippen MR) is 117 cm³/mol. The number of hydrogen-bond donors (Lipinski definition) is 2. The van der Waals surface area contributed by atoms with E-state index in [0.717, 1.165) is 18.4 Å². The van der Waals surface area contributed by atoms with Crippen molar-refractivity contribution in [2.45, 2.75) is 12.8 Å². The summed E-state index contributed by atoms with van der Waals surface area (Å²) in [5.74, 6) is 0.210. The molecule has 0 unspecified atom stereocenters. The highest BCUT2D eigenvalue weighted by molar-refractivity contribution is 6.09. The molecule has 150 valence electrons. The van der Waals surface area contributed by atoms with Gasteiger partial charge in [0.2, 0.25) is 0 Å². The van der Waals surface area contributed by atoms with E-state index in [1.54, 1.807) is 24.3 Å². The first-order chi connectivity index (χ1) is 14.7. The fourth-order valence-electron chi connectivity index (χ4n) is 3.24. The van der Waals surface area contributed by atoms with E-state index in [1.807, 2.05) is 48.5 Å². The molecule has 0 bridgehead atoms. The largest absolute Gasteiger partial charge is 0.449 e. The van der Waals surface area contributed by atoms with Gasteiger partial charge in [0.15, 0.2) is 11.5 Å². The van der Waals surface area contributed by atoms with Crippen molar-refractivity contribution in [3.05, 3.63) is 101 Å². The Morgan fingerprint density at radius 3 is 2.47 bits per heavy atom. The van der Waals surface area contributed by atoms with Crippen molar-refractivity contribution in [1.29, 1.82) is 0 Å². The number of amides is 2. The number of benzene rings is 3. The standard InChI is InChI=1S/C25H22N2O3/c28-24(26-15-7-12-18-8-3-1-4-9-18)20-13-14-22-21(17-20)27-25(29)23(30-22)16-19-10-5-2-6-11-19/h1-6,8-11,13-14,16-17H,7,12,15H2,(H,26,28)(H,27,29). The zero-order valence-electron chi connectivity index (χ0n) is 16.4. The molecule has 0 fully saturated rings. The highest BCUT2D eigenvalue weighted by Gasteiger charge is 2.23. The van der Waals surface area contributed by atoms with Gasteiger partial charge in [0, 0.05) is 12.1 Å². The molecule has 3 aromatic carbocycles. The SMILES string of the molecule is O=C1Nc2cc(C(=O)NCCCc3ccccc3)ccc2OC1=Cc1ccccc1. The molecular weight excluding hydrogens is 376 g/mol. The molecule has 4 rings (SSSR count). The zero-order chi connectivity index (χ0) is 20.8. The summed E-state index contributed by atoms with van der Waals surface area (Å²) in [6.45, 7) is 0.581. The first-order valence-electron chi connectivity index (χ1n) is 9.91. The highest BCUT2D eigenvalue weighted by Crippen LogP contribution is 2.32. The molecule has 0 saturated carbocycles. The molecule has 0 spiro atoms. The fourth-order valence-corrected chi connectivity index (χ4v) is 3.24. The number of rotatable bonds is 6. The molecule has 5 nitrogen and oxygen atoms in total. The third kappa shape index (κ3) is 4.75. The normalized spacial score (nSPS) is 13.9. The Morgan fingerprint density at radius 1 is 0.967 bits per heavy atom. The second-order valence-corrected chi connectivity index (χ2v) is 7.03. The summed E-state index contributed by atoms with van der Waals surface area (Å²) in [5, 5.41) is 5.73. The van der Waals surface area contributed by atoms with E-state index < -0.39 is 0 Å². The molecule has 0 radical (unpaired) electrons. The molecule has 30 heavy (non-hydrogen) atoms. The minimum atomic E-state index is -0.341. The zero-order valence-corrected chi connectivity index (χ0v) is 16.4. The van der Waals surface area contributed by atoms with E-state index in [9.17, 15) is 9.59 Å². The molecule has 2 N–H and O–H groups in total. The van der Waals surface area contributed by atoms with Crippen LogP contribution in [0.5, 0.6) is 5.75 Å². The number of fused-ring (bicyclic) bond motifs is 1. The molecule has 1 aliphatic heterocycles. The van der Waals surface area contributed by atoms with E-state index >= 15 is 0 Å². The molecule has 0 aliphatic carbocycles. The second kappa shape index (κ2) is 9.09. The molecule has 5 heteroatoms. The molecule has 0 saturated heterocycles. The first kappa shape index (κ1) is 19.5. The van der Waals surface area contributed by atoms with Crippen LogP contribution < -0.4 is 15.4 Å². The van der Waals surface area contributed by atoms with Crippen LogP contribution in [-0.4, -0.2) is 18.4 Å². The number of ether oxygens (including phenoxy) is 1. The third-order valence-electron chi connectivity index (χ3n) is 4.80. The van der Waals surface area contributed by atoms with Crippen molar-refractivity contribution in [2.24, 2.45) is 0 Å². The average molecular weight is 398 g/mol. The van der Waals surface area contributed by atoms with Crippen LogP contribution >= 0.6 is 0 Å². The van der Waals surface area contributed by atoms with Crippen molar-refractivity contribution in [1.82, 2.24) is 5.32 Å². The van der Waals surface area contributed by atoms with Crippen molar-refractivity contribution >= 4 is 23.6 Å². The second-order valence-electron chi connectivity index (χ2n) is 7.03. The van der Waals surface area contributed by atoms with Gasteiger partial charge in [-0.05, 0) is 48.2 Å². The summed E-state index contributed by atoms with van der Waals surface area (Å²) < 4.78 is 5.75. The molecular formula is C25H22N2O3. The Morgan fingerprint density at radius 2 is 1.70 bits per heavy atom. The lowest BCUT2D eigenvalue weighted by molar-refractivity contribution is -0.115. The van der Waals surface area contributed by atoms with Crippen LogP contribution in [0.15, 0.2) is 84.6 Å². The molecule has 1 heterocycles. The Hall–Kier alpha value is -3.86. The minimum absolute atomic E-state index is 0.175. The summed E-state index contributed by atoms with van der Waals surface area (Å²) in [4.78, 5) is 24.8. The number of carbonyl (C=O) groups excluding carboxylic acids is 2. The number of hydrogen-bond acceptors (Lipinski definition) is 3. The van der Waals surface area contributed by atoms with Gasteiger partial charge in [-0.2, -0.15) is 0 Å². The van der Waals surface area contributed by atoms with Gasteiger partial charge < -0.3 is 15.4 Å². The van der Waals surface area contributed by atoms with Crippen LogP contribution in [0.3, 0.4) is 0 Å². The van der Waals surface area contributed by atoms with E-state index in [2.05, 4.69) is 22.8 Å². The Bertz CT molecular complexity index is 1080. The maximum absolute atomic E-state index is 12.5. The predicted octanol–water partition coefficient (Wildman–Crippen LogP) is 4.42. The molecule has 0 aromatic heterocycles. The number of carbonyl (C=O) groups is 2. The van der Waals surface area contributed by atoms with E-state index in [1.165, 1.54) is 5.56 Å². The Balaban J connectivity index is 1.37. The molecule has 2 amide bonds. The van der Waals surface area contributed by atoms with Crippen LogP contribution in [0, 0.1) is 0 Å². The van der Waals surface area contributed by atoms with Gasteiger partial charge in [-0.1, -0.05) is 60.7 Å². The smallest absolute Gasteiger partial charge is 0.291 e. The van der Waals surface area contributed by atoms with Gasteiger partial charge in [-0.3, -0.25) is 9.59 Å². The van der Waals surface area contributed by atoms with Gasteiger partial charge in [0.1, 0.15) is 0 Å². The van der Waals surface area contributed by atoms with Gasteiger partial charge in [0.05, 0.1) is 5.69 Å². The Labute approximate surface area is 175 Å². The lowest BCUT2D eigenvalue weighted by Gasteiger charge is -2.20. The molecule has 3 aromatic rings. The van der Waals surface area contributed by atoms with Crippen molar-refractivity contribution in [2.75, 3.05) is 11.9 Å². The number of aryl methyl sites for hydroxylation is 1. The van der Waals surface area contributed by atoms with Gasteiger partial charge in [-0.15, -0.1) is 0 Å². The van der Waals surface area contributed by atoms with Gasteiger partial charge >= 0.3 is 0 Å². The Kier molecular flexibility index (Phi) is 5.90. The average Bonchev–Trinajstić information content (AvgIpc) is 2.78. The maximum atomic E-state index is 12.5. The first-order valence-corrected chi connectivity index (χ1v) is 9.91. The van der Waals surface area contributed by atoms with E-state index in [-0.39, 0.29) is 17.6 Å². The summed E-state index contributed by atoms with van der Waals surface area (Å²) in [5.41, 5.74) is 3.09. The lowest BCUT2D eigenvalue weighted by Crippen LogP contribution is -2.26. The third-order valence-corrected chi connectivity index (χ3v) is 4.80. The monoisotopic (exact) mass is 398 g/mol. The summed E-state index contributed by atoms with van der Waals surface area (Å²) in [6.07, 6.45) is 3.45. The molecule has 0 atom stereocenters. The quantitative estimate of drug-likeness (QED) is 0.477. The van der Waals surface area contributed by atoms with E-state index in [0.29, 0.717) is 23.5 Å². The fraction of sp³-hybridized carbons (Fsp3) is 0.120.